The van der Waals surface area contributed by atoms with Gasteiger partial charge in [0.1, 0.15) is 12.4 Å². The Kier molecular flexibility index (Phi) is 3.48. The van der Waals surface area contributed by atoms with Crippen molar-refractivity contribution in [2.45, 2.75) is 13.0 Å². The number of imidazole rings is 1. The number of hydrogen-bond acceptors (Lipinski definition) is 4. The number of fused-ring (bicyclic) bond motifs is 1. The Bertz CT molecular complexity index is 645. The topological polar surface area (TPSA) is 52.5 Å². The first-order valence-electron chi connectivity index (χ1n) is 6.18. The SMILES string of the molecule is NCCc1cccc(OCc2cn3ccsc3n2)c1. The number of hydrogen-bond donors (Lipinski definition) is 1. The molecule has 0 aliphatic carbocycles. The highest BCUT2D eigenvalue weighted by Crippen LogP contribution is 2.16. The predicted octanol–water partition coefficient (Wildman–Crippen LogP) is 2.48. The van der Waals surface area contributed by atoms with E-state index in [-0.39, 0.29) is 0 Å². The fourth-order valence-electron chi connectivity index (χ4n) is 1.96. The van der Waals surface area contributed by atoms with E-state index < -0.39 is 0 Å². The lowest BCUT2D eigenvalue weighted by Crippen LogP contribution is -2.03. The van der Waals surface area contributed by atoms with Gasteiger partial charge >= 0.3 is 0 Å². The number of nitrogens with two attached hydrogens (primary N) is 1. The molecule has 0 saturated carbocycles. The molecule has 0 fully saturated rings. The summed E-state index contributed by atoms with van der Waals surface area (Å²) in [5.41, 5.74) is 7.70. The van der Waals surface area contributed by atoms with Gasteiger partial charge in [0.2, 0.25) is 0 Å². The zero-order valence-electron chi connectivity index (χ0n) is 10.5. The van der Waals surface area contributed by atoms with Crippen molar-refractivity contribution in [3.8, 4) is 5.75 Å². The van der Waals surface area contributed by atoms with Crippen molar-refractivity contribution in [1.29, 1.82) is 0 Å². The predicted molar refractivity (Wildman–Crippen MR) is 76.6 cm³/mol. The normalized spacial score (nSPS) is 11.0. The average Bonchev–Trinajstić information content (AvgIpc) is 2.98. The van der Waals surface area contributed by atoms with Gasteiger partial charge in [-0.25, -0.2) is 4.98 Å². The number of ether oxygens (including phenoxy) is 1. The van der Waals surface area contributed by atoms with Crippen LogP contribution < -0.4 is 10.5 Å². The van der Waals surface area contributed by atoms with Crippen LogP contribution in [-0.2, 0) is 13.0 Å². The molecule has 0 spiro atoms. The maximum Gasteiger partial charge on any atom is 0.193 e. The first kappa shape index (κ1) is 12.2. The Balaban J connectivity index is 1.68. The standard InChI is InChI=1S/C14H15N3OS/c15-5-4-11-2-1-3-13(8-11)18-10-12-9-17-6-7-19-14(17)16-12/h1-3,6-9H,4-5,10,15H2. The summed E-state index contributed by atoms with van der Waals surface area (Å²) < 4.78 is 7.77. The third-order valence-electron chi connectivity index (χ3n) is 2.86. The molecule has 98 valence electrons. The molecule has 0 aliphatic heterocycles. The van der Waals surface area contributed by atoms with Crippen molar-refractivity contribution < 1.29 is 4.74 Å². The summed E-state index contributed by atoms with van der Waals surface area (Å²) in [6.45, 7) is 1.14. The Hall–Kier alpha value is -1.85. The summed E-state index contributed by atoms with van der Waals surface area (Å²) in [7, 11) is 0. The molecule has 0 amide bonds. The van der Waals surface area contributed by atoms with E-state index in [9.17, 15) is 0 Å². The van der Waals surface area contributed by atoms with Gasteiger partial charge in [0.25, 0.3) is 0 Å². The first-order valence-corrected chi connectivity index (χ1v) is 7.06. The van der Waals surface area contributed by atoms with E-state index in [2.05, 4.69) is 11.1 Å². The minimum absolute atomic E-state index is 0.487. The van der Waals surface area contributed by atoms with Gasteiger partial charge in [-0.3, -0.25) is 4.40 Å². The fourth-order valence-corrected chi connectivity index (χ4v) is 2.68. The molecule has 2 aromatic heterocycles. The molecule has 3 rings (SSSR count). The van der Waals surface area contributed by atoms with Gasteiger partial charge in [0.15, 0.2) is 4.96 Å². The molecule has 2 N–H and O–H groups in total. The molecule has 1 aromatic carbocycles. The van der Waals surface area contributed by atoms with Crippen LogP contribution in [0.15, 0.2) is 42.0 Å². The molecule has 0 bridgehead atoms. The number of benzene rings is 1. The Morgan fingerprint density at radius 3 is 3.16 bits per heavy atom. The highest BCUT2D eigenvalue weighted by Gasteiger charge is 2.03. The van der Waals surface area contributed by atoms with E-state index in [0.717, 1.165) is 22.8 Å². The summed E-state index contributed by atoms with van der Waals surface area (Å²) in [6.07, 6.45) is 4.87. The van der Waals surface area contributed by atoms with Crippen LogP contribution in [0, 0.1) is 0 Å². The Morgan fingerprint density at radius 1 is 1.37 bits per heavy atom. The van der Waals surface area contributed by atoms with E-state index >= 15 is 0 Å². The van der Waals surface area contributed by atoms with Crippen LogP contribution in [-0.4, -0.2) is 15.9 Å². The molecule has 0 atom stereocenters. The number of nitrogens with zero attached hydrogens (tertiary/aromatic N) is 2. The lowest BCUT2D eigenvalue weighted by atomic mass is 10.1. The lowest BCUT2D eigenvalue weighted by molar-refractivity contribution is 0.302. The van der Waals surface area contributed by atoms with Crippen molar-refractivity contribution in [2.24, 2.45) is 5.73 Å². The number of rotatable bonds is 5. The maximum absolute atomic E-state index is 5.77. The molecule has 0 unspecified atom stereocenters. The van der Waals surface area contributed by atoms with Gasteiger partial charge in [0, 0.05) is 17.8 Å². The van der Waals surface area contributed by atoms with Crippen molar-refractivity contribution in [3.63, 3.8) is 0 Å². The van der Waals surface area contributed by atoms with Crippen molar-refractivity contribution in [2.75, 3.05) is 6.54 Å². The smallest absolute Gasteiger partial charge is 0.193 e. The molecule has 0 saturated heterocycles. The van der Waals surface area contributed by atoms with E-state index in [1.807, 2.05) is 40.4 Å². The zero-order valence-corrected chi connectivity index (χ0v) is 11.3. The van der Waals surface area contributed by atoms with E-state index in [0.29, 0.717) is 13.2 Å². The molecule has 19 heavy (non-hydrogen) atoms. The third-order valence-corrected chi connectivity index (χ3v) is 3.63. The van der Waals surface area contributed by atoms with Gasteiger partial charge in [-0.15, -0.1) is 11.3 Å². The van der Waals surface area contributed by atoms with Crippen LogP contribution in [0.3, 0.4) is 0 Å². The summed E-state index contributed by atoms with van der Waals surface area (Å²) >= 11 is 1.62. The van der Waals surface area contributed by atoms with Crippen LogP contribution in [0.25, 0.3) is 4.96 Å². The van der Waals surface area contributed by atoms with Crippen LogP contribution in [0.4, 0.5) is 0 Å². The van der Waals surface area contributed by atoms with Gasteiger partial charge in [-0.05, 0) is 30.7 Å². The van der Waals surface area contributed by atoms with Gasteiger partial charge in [0.05, 0.1) is 5.69 Å². The summed E-state index contributed by atoms with van der Waals surface area (Å²) in [6, 6.07) is 8.04. The van der Waals surface area contributed by atoms with Gasteiger partial charge in [-0.1, -0.05) is 12.1 Å². The molecule has 0 radical (unpaired) electrons. The molecular weight excluding hydrogens is 258 g/mol. The highest BCUT2D eigenvalue weighted by atomic mass is 32.1. The van der Waals surface area contributed by atoms with Crippen LogP contribution >= 0.6 is 11.3 Å². The van der Waals surface area contributed by atoms with Crippen LogP contribution in [0.1, 0.15) is 11.3 Å². The van der Waals surface area contributed by atoms with Gasteiger partial charge in [-0.2, -0.15) is 0 Å². The monoisotopic (exact) mass is 273 g/mol. The fraction of sp³-hybridized carbons (Fsp3) is 0.214. The van der Waals surface area contributed by atoms with E-state index in [4.69, 9.17) is 10.5 Å². The first-order chi connectivity index (χ1) is 9.35. The average molecular weight is 273 g/mol. The molecule has 4 nitrogen and oxygen atoms in total. The molecule has 2 heterocycles. The van der Waals surface area contributed by atoms with Crippen molar-refractivity contribution in [1.82, 2.24) is 9.38 Å². The molecule has 3 aromatic rings. The Labute approximate surface area is 115 Å². The molecule has 5 heteroatoms. The van der Waals surface area contributed by atoms with E-state index in [1.54, 1.807) is 11.3 Å². The van der Waals surface area contributed by atoms with E-state index in [1.165, 1.54) is 5.56 Å². The summed E-state index contributed by atoms with van der Waals surface area (Å²) in [4.78, 5) is 5.48. The second kappa shape index (κ2) is 5.42. The highest BCUT2D eigenvalue weighted by molar-refractivity contribution is 7.15. The largest absolute Gasteiger partial charge is 0.487 e. The third kappa shape index (κ3) is 2.77. The second-order valence-electron chi connectivity index (χ2n) is 4.30. The second-order valence-corrected chi connectivity index (χ2v) is 5.17. The minimum Gasteiger partial charge on any atom is -0.487 e. The lowest BCUT2D eigenvalue weighted by Gasteiger charge is -2.06. The summed E-state index contributed by atoms with van der Waals surface area (Å²) in [5, 5.41) is 2.02. The number of aromatic nitrogens is 2. The Morgan fingerprint density at radius 2 is 2.32 bits per heavy atom. The molecule has 0 aliphatic rings. The van der Waals surface area contributed by atoms with Crippen LogP contribution in [0.2, 0.25) is 0 Å². The van der Waals surface area contributed by atoms with Crippen LogP contribution in [0.5, 0.6) is 5.75 Å². The maximum atomic E-state index is 5.77. The minimum atomic E-state index is 0.487. The molecular formula is C14H15N3OS. The summed E-state index contributed by atoms with van der Waals surface area (Å²) in [5.74, 6) is 0.863. The number of thiazole rings is 1. The van der Waals surface area contributed by atoms with Crippen molar-refractivity contribution >= 4 is 16.3 Å². The zero-order chi connectivity index (χ0) is 13.1. The quantitative estimate of drug-likeness (QED) is 0.777. The van der Waals surface area contributed by atoms with Crippen molar-refractivity contribution in [3.05, 3.63) is 53.3 Å². The van der Waals surface area contributed by atoms with Gasteiger partial charge < -0.3 is 10.5 Å².